The van der Waals surface area contributed by atoms with Crippen molar-refractivity contribution in [2.45, 2.75) is 57.5 Å². The molecule has 0 radical (unpaired) electrons. The molecule has 0 aromatic heterocycles. The lowest BCUT2D eigenvalue weighted by atomic mass is 9.66. The summed E-state index contributed by atoms with van der Waals surface area (Å²) in [7, 11) is 3.32. The van der Waals surface area contributed by atoms with Crippen molar-refractivity contribution in [3.63, 3.8) is 0 Å². The number of benzene rings is 2. The molecule has 6 heteroatoms. The number of rotatable bonds is 10. The monoisotopic (exact) mass is 481 g/mol. The van der Waals surface area contributed by atoms with Crippen molar-refractivity contribution >= 4 is 24.0 Å². The molecule has 1 aliphatic carbocycles. The van der Waals surface area contributed by atoms with Crippen molar-refractivity contribution < 1.29 is 14.6 Å². The Morgan fingerprint density at radius 1 is 1.09 bits per heavy atom. The Hall–Kier alpha value is -1.46. The number of ether oxygens (including phenoxy) is 2. The van der Waals surface area contributed by atoms with Gasteiger partial charge in [-0.2, -0.15) is 0 Å². The number of methoxy groups -OCH3 is 2. The number of fused-ring (bicyclic) bond motifs is 1. The van der Waals surface area contributed by atoms with E-state index in [-0.39, 0.29) is 18.3 Å². The first-order valence-corrected chi connectivity index (χ1v) is 11.7. The van der Waals surface area contributed by atoms with Gasteiger partial charge >= 0.3 is 0 Å². The minimum Gasteiger partial charge on any atom is -0.493 e. The van der Waals surface area contributed by atoms with Crippen molar-refractivity contribution in [2.75, 3.05) is 27.3 Å². The van der Waals surface area contributed by atoms with Crippen LogP contribution in [0.25, 0.3) is 0 Å². The van der Waals surface area contributed by atoms with Crippen LogP contribution in [0, 0.1) is 5.92 Å². The van der Waals surface area contributed by atoms with Gasteiger partial charge in [-0.05, 0) is 92.1 Å². The van der Waals surface area contributed by atoms with Crippen LogP contribution in [-0.4, -0.2) is 38.0 Å². The zero-order valence-electron chi connectivity index (χ0n) is 19.6. The molecule has 3 rings (SSSR count). The average Bonchev–Trinajstić information content (AvgIpc) is 2.75. The van der Waals surface area contributed by atoms with E-state index in [1.807, 2.05) is 18.2 Å². The Morgan fingerprint density at radius 3 is 2.53 bits per heavy atom. The highest BCUT2D eigenvalue weighted by atomic mass is 35.5. The summed E-state index contributed by atoms with van der Waals surface area (Å²) in [6, 6.07) is 12.2. The third-order valence-electron chi connectivity index (χ3n) is 6.51. The summed E-state index contributed by atoms with van der Waals surface area (Å²) in [4.78, 5) is 0. The third kappa shape index (κ3) is 6.32. The van der Waals surface area contributed by atoms with E-state index in [1.165, 1.54) is 16.7 Å². The smallest absolute Gasteiger partial charge is 0.160 e. The quantitative estimate of drug-likeness (QED) is 0.420. The van der Waals surface area contributed by atoms with Gasteiger partial charge in [0.1, 0.15) is 0 Å². The first-order chi connectivity index (χ1) is 14.9. The fourth-order valence-electron chi connectivity index (χ4n) is 5.03. The van der Waals surface area contributed by atoms with Gasteiger partial charge in [-0.15, -0.1) is 12.4 Å². The van der Waals surface area contributed by atoms with Gasteiger partial charge in [-0.3, -0.25) is 0 Å². The Morgan fingerprint density at radius 2 is 1.84 bits per heavy atom. The van der Waals surface area contributed by atoms with Crippen LogP contribution in [0.2, 0.25) is 5.02 Å². The average molecular weight is 482 g/mol. The van der Waals surface area contributed by atoms with Crippen LogP contribution in [0.1, 0.15) is 55.7 Å². The fourth-order valence-corrected chi connectivity index (χ4v) is 5.23. The minimum atomic E-state index is -0.675. The van der Waals surface area contributed by atoms with Gasteiger partial charge in [0.25, 0.3) is 0 Å². The molecule has 0 spiro atoms. The number of aliphatic hydroxyl groups is 1. The van der Waals surface area contributed by atoms with Crippen molar-refractivity contribution in [1.29, 1.82) is 0 Å². The Labute approximate surface area is 204 Å². The lowest BCUT2D eigenvalue weighted by Gasteiger charge is -2.44. The molecule has 0 saturated carbocycles. The fraction of sp³-hybridized carbons (Fsp3) is 0.538. The highest BCUT2D eigenvalue weighted by Gasteiger charge is 2.42. The van der Waals surface area contributed by atoms with Crippen LogP contribution in [0.5, 0.6) is 11.5 Å². The second-order valence-corrected chi connectivity index (χ2v) is 9.40. The number of halogens is 2. The van der Waals surface area contributed by atoms with E-state index in [4.69, 9.17) is 21.1 Å². The van der Waals surface area contributed by atoms with Crippen LogP contribution in [0.4, 0.5) is 0 Å². The summed E-state index contributed by atoms with van der Waals surface area (Å²) in [6.45, 7) is 6.14. The van der Waals surface area contributed by atoms with Gasteiger partial charge in [0.05, 0.1) is 19.8 Å². The lowest BCUT2D eigenvalue weighted by Crippen LogP contribution is -2.44. The van der Waals surface area contributed by atoms with E-state index in [0.29, 0.717) is 5.92 Å². The highest BCUT2D eigenvalue weighted by molar-refractivity contribution is 6.30. The number of hydrogen-bond acceptors (Lipinski definition) is 4. The van der Waals surface area contributed by atoms with Gasteiger partial charge in [0.15, 0.2) is 11.5 Å². The van der Waals surface area contributed by atoms with E-state index in [2.05, 4.69) is 37.4 Å². The molecule has 2 aromatic rings. The summed E-state index contributed by atoms with van der Waals surface area (Å²) in [5.74, 6) is 2.04. The molecule has 0 heterocycles. The van der Waals surface area contributed by atoms with Crippen LogP contribution >= 0.6 is 24.0 Å². The molecule has 4 nitrogen and oxygen atoms in total. The predicted octanol–water partition coefficient (Wildman–Crippen LogP) is 5.81. The third-order valence-corrected chi connectivity index (χ3v) is 6.75. The molecule has 0 amide bonds. The molecular formula is C26H37Cl2NO3. The number of hydrogen-bond donors (Lipinski definition) is 2. The number of aryl methyl sites for hydroxylation is 2. The van der Waals surface area contributed by atoms with E-state index >= 15 is 0 Å². The van der Waals surface area contributed by atoms with Crippen molar-refractivity contribution in [3.8, 4) is 11.5 Å². The summed E-state index contributed by atoms with van der Waals surface area (Å²) in [5.41, 5.74) is 3.12. The first kappa shape index (κ1) is 26.8. The highest BCUT2D eigenvalue weighted by Crippen LogP contribution is 2.45. The summed E-state index contributed by atoms with van der Waals surface area (Å²) in [6.07, 6.45) is 4.43. The van der Waals surface area contributed by atoms with Crippen LogP contribution in [-0.2, 0) is 12.8 Å². The largest absolute Gasteiger partial charge is 0.493 e. The van der Waals surface area contributed by atoms with Crippen molar-refractivity contribution in [1.82, 2.24) is 5.32 Å². The molecule has 0 aliphatic heterocycles. The van der Waals surface area contributed by atoms with Crippen LogP contribution < -0.4 is 14.8 Å². The van der Waals surface area contributed by atoms with Crippen LogP contribution in [0.3, 0.4) is 0 Å². The van der Waals surface area contributed by atoms with Gasteiger partial charge in [-0.25, -0.2) is 0 Å². The Balaban J connectivity index is 0.00000363. The summed E-state index contributed by atoms with van der Waals surface area (Å²) >= 11 is 6.20. The minimum absolute atomic E-state index is 0. The molecular weight excluding hydrogens is 445 g/mol. The van der Waals surface area contributed by atoms with Gasteiger partial charge in [-0.1, -0.05) is 37.6 Å². The topological polar surface area (TPSA) is 50.7 Å². The molecule has 0 bridgehead atoms. The van der Waals surface area contributed by atoms with Gasteiger partial charge < -0.3 is 19.9 Å². The maximum absolute atomic E-state index is 11.6. The molecule has 2 atom stereocenters. The van der Waals surface area contributed by atoms with Crippen molar-refractivity contribution in [3.05, 3.63) is 58.1 Å². The van der Waals surface area contributed by atoms with E-state index in [1.54, 1.807) is 14.2 Å². The second-order valence-electron chi connectivity index (χ2n) is 8.96. The Bertz CT molecular complexity index is 874. The SMILES string of the molecule is COc1ccc(CCCNCCC2(O)CCc3cc(Cl)ccc3C2C(C)C)cc1OC.Cl. The maximum atomic E-state index is 11.6. The van der Waals surface area contributed by atoms with Gasteiger partial charge in [0.2, 0.25) is 0 Å². The molecule has 2 aromatic carbocycles. The molecule has 32 heavy (non-hydrogen) atoms. The van der Waals surface area contributed by atoms with Crippen LogP contribution in [0.15, 0.2) is 36.4 Å². The molecule has 2 unspecified atom stereocenters. The normalized spacial score (nSPS) is 19.9. The lowest BCUT2D eigenvalue weighted by molar-refractivity contribution is -0.0240. The van der Waals surface area contributed by atoms with E-state index < -0.39 is 5.60 Å². The molecule has 178 valence electrons. The zero-order valence-corrected chi connectivity index (χ0v) is 21.2. The number of nitrogens with one attached hydrogen (secondary N) is 1. The second kappa shape index (κ2) is 12.1. The molecule has 0 fully saturated rings. The standard InChI is InChI=1S/C26H36ClNO3.ClH/c1-18(2)25-22-9-8-21(27)17-20(22)11-12-26(25,29)13-15-28-14-5-6-19-7-10-23(30-3)24(16-19)31-4;/h7-10,16-18,25,28-29H,5-6,11-15H2,1-4H3;1H. The summed E-state index contributed by atoms with van der Waals surface area (Å²) in [5, 5.41) is 15.9. The first-order valence-electron chi connectivity index (χ1n) is 11.3. The van der Waals surface area contributed by atoms with E-state index in [9.17, 15) is 5.11 Å². The molecule has 2 N–H and O–H groups in total. The van der Waals surface area contributed by atoms with E-state index in [0.717, 1.165) is 61.7 Å². The molecule has 0 saturated heterocycles. The predicted molar refractivity (Wildman–Crippen MR) is 135 cm³/mol. The summed E-state index contributed by atoms with van der Waals surface area (Å²) < 4.78 is 10.7. The maximum Gasteiger partial charge on any atom is 0.160 e. The Kier molecular flexibility index (Phi) is 10.2. The van der Waals surface area contributed by atoms with Gasteiger partial charge in [0, 0.05) is 10.9 Å². The molecule has 1 aliphatic rings. The zero-order chi connectivity index (χ0) is 22.4. The van der Waals surface area contributed by atoms with Crippen molar-refractivity contribution in [2.24, 2.45) is 5.92 Å².